The molecule has 7 nitrogen and oxygen atoms in total. The molecular weight excluding hydrogens is 769 g/mol. The van der Waals surface area contributed by atoms with Crippen LogP contribution < -0.4 is 0 Å². The molecule has 4 atom stereocenters. The first-order valence-corrected chi connectivity index (χ1v) is 27.5. The average Bonchev–Trinajstić information content (AvgIpc) is 3.30. The van der Waals surface area contributed by atoms with E-state index < -0.39 is 0 Å². The molecule has 6 aliphatic carbocycles. The molecule has 7 heteroatoms. The van der Waals surface area contributed by atoms with Crippen LogP contribution >= 0.6 is 0 Å². The Kier molecular flexibility index (Phi) is 22.9. The molecule has 0 aliphatic heterocycles. The zero-order valence-corrected chi connectivity index (χ0v) is 40.2. The third-order valence-corrected chi connectivity index (χ3v) is 16.8. The van der Waals surface area contributed by atoms with Crippen LogP contribution in [0.1, 0.15) is 239 Å². The second-order valence-electron chi connectivity index (χ2n) is 21.7. The molecule has 0 N–H and O–H groups in total. The number of ketones is 1. The van der Waals surface area contributed by atoms with Gasteiger partial charge in [-0.05, 0) is 184 Å². The Balaban J connectivity index is 0.793. The number of hydrogen-bond acceptors (Lipinski definition) is 7. The smallest absolute Gasteiger partial charge is 0.309 e. The maximum atomic E-state index is 13.6. The molecule has 0 radical (unpaired) electrons. The summed E-state index contributed by atoms with van der Waals surface area (Å²) in [5.41, 5.74) is 0. The topological polar surface area (TPSA) is 86.6 Å². The highest BCUT2D eigenvalue weighted by Gasteiger charge is 2.39. The Hall–Kier alpha value is -1.60. The molecule has 0 aromatic rings. The first-order chi connectivity index (χ1) is 30.4. The van der Waals surface area contributed by atoms with Gasteiger partial charge in [0.05, 0.1) is 18.1 Å². The van der Waals surface area contributed by atoms with Crippen molar-refractivity contribution in [2.45, 2.75) is 269 Å². The fourth-order valence-electron chi connectivity index (χ4n) is 12.5. The van der Waals surface area contributed by atoms with E-state index in [1.165, 1.54) is 96.3 Å². The summed E-state index contributed by atoms with van der Waals surface area (Å²) in [4.78, 5) is 37.1. The van der Waals surface area contributed by atoms with Crippen LogP contribution in [0, 0.1) is 41.4 Å². The standard InChI is InChI=1S/C55H94N2O5/c1-3-5-7-9-11-13-35-60-51-31-26-49(27-32-51)56-40-42-15-21-46(22-16-42)54(58)38-44-19-20-45-25-30-53(39-48(45)37-44)62-55(59)47-23-17-43(18-24-47)41-57-50-28-33-52(34-29-50)61-36-14-12-10-8-6-4-2/h40-53H,3-39H2,1-2H3. The van der Waals surface area contributed by atoms with Crippen LogP contribution in [-0.2, 0) is 23.8 Å². The van der Waals surface area contributed by atoms with E-state index in [0.717, 1.165) is 148 Å². The number of nitrogens with zero attached hydrogens (tertiary/aromatic N) is 2. The summed E-state index contributed by atoms with van der Waals surface area (Å²) in [5.74, 6) is 3.80. The van der Waals surface area contributed by atoms with E-state index in [1.54, 1.807) is 0 Å². The molecule has 0 saturated heterocycles. The molecule has 0 heterocycles. The number of hydrogen-bond donors (Lipinski definition) is 0. The van der Waals surface area contributed by atoms with Crippen LogP contribution in [0.3, 0.4) is 0 Å². The van der Waals surface area contributed by atoms with Crippen molar-refractivity contribution in [2.75, 3.05) is 13.2 Å². The number of fused-ring (bicyclic) bond motifs is 1. The van der Waals surface area contributed by atoms with Crippen molar-refractivity contribution in [1.82, 2.24) is 0 Å². The number of unbranched alkanes of at least 4 members (excludes halogenated alkanes) is 10. The molecule has 0 amide bonds. The number of rotatable bonds is 25. The van der Waals surface area contributed by atoms with Crippen LogP contribution in [-0.4, -0.2) is 67.8 Å². The van der Waals surface area contributed by atoms with Crippen molar-refractivity contribution >= 4 is 24.2 Å². The maximum Gasteiger partial charge on any atom is 0.309 e. The minimum atomic E-state index is 0.0502. The molecule has 0 spiro atoms. The van der Waals surface area contributed by atoms with Gasteiger partial charge in [0.25, 0.3) is 0 Å². The SMILES string of the molecule is CCCCCCCCOC1CCC(N=CC2CCC(C(=O)CC3CCC4CCC(OC(=O)C5CCC(C=NC6CCC(OCCCCCCCC)CC6)CC5)CC4C3)CC2)CC1. The fraction of sp³-hybridized carbons (Fsp3) is 0.927. The summed E-state index contributed by atoms with van der Waals surface area (Å²) >= 11 is 0. The van der Waals surface area contributed by atoms with Crippen LogP contribution in [0.25, 0.3) is 0 Å². The van der Waals surface area contributed by atoms with Crippen molar-refractivity contribution in [3.63, 3.8) is 0 Å². The van der Waals surface area contributed by atoms with Crippen LogP contribution in [0.4, 0.5) is 0 Å². The normalized spacial score (nSPS) is 34.6. The fourth-order valence-corrected chi connectivity index (χ4v) is 12.5. The van der Waals surface area contributed by atoms with Crippen molar-refractivity contribution in [1.29, 1.82) is 0 Å². The molecule has 6 aliphatic rings. The molecule has 6 rings (SSSR count). The Morgan fingerprint density at radius 1 is 0.468 bits per heavy atom. The van der Waals surface area contributed by atoms with Gasteiger partial charge in [0, 0.05) is 50.1 Å². The van der Waals surface area contributed by atoms with Gasteiger partial charge in [0.15, 0.2) is 0 Å². The molecular formula is C55H94N2O5. The first-order valence-electron chi connectivity index (χ1n) is 27.5. The monoisotopic (exact) mass is 863 g/mol. The van der Waals surface area contributed by atoms with Gasteiger partial charge in [-0.15, -0.1) is 0 Å². The van der Waals surface area contributed by atoms with Gasteiger partial charge in [-0.3, -0.25) is 19.6 Å². The number of ether oxygens (including phenoxy) is 3. The Morgan fingerprint density at radius 3 is 1.47 bits per heavy atom. The van der Waals surface area contributed by atoms with Crippen LogP contribution in [0.15, 0.2) is 9.98 Å². The largest absolute Gasteiger partial charge is 0.462 e. The summed E-state index contributed by atoms with van der Waals surface area (Å²) < 4.78 is 18.7. The van der Waals surface area contributed by atoms with Gasteiger partial charge < -0.3 is 14.2 Å². The summed E-state index contributed by atoms with van der Waals surface area (Å²) in [5, 5.41) is 0. The molecule has 6 saturated carbocycles. The zero-order valence-electron chi connectivity index (χ0n) is 40.2. The van der Waals surface area contributed by atoms with E-state index in [4.69, 9.17) is 24.2 Å². The van der Waals surface area contributed by atoms with Crippen molar-refractivity contribution < 1.29 is 23.8 Å². The minimum Gasteiger partial charge on any atom is -0.462 e. The highest BCUT2D eigenvalue weighted by atomic mass is 16.5. The summed E-state index contributed by atoms with van der Waals surface area (Å²) in [6.45, 7) is 6.41. The third kappa shape index (κ3) is 17.7. The number of carbonyl (C=O) groups excluding carboxylic acids is 2. The van der Waals surface area contributed by atoms with Crippen LogP contribution in [0.2, 0.25) is 0 Å². The van der Waals surface area contributed by atoms with E-state index in [2.05, 4.69) is 26.3 Å². The number of carbonyl (C=O) groups is 2. The number of aliphatic imine (C=N–C) groups is 2. The molecule has 0 bridgehead atoms. The lowest BCUT2D eigenvalue weighted by Crippen LogP contribution is -2.37. The number of esters is 1. The molecule has 4 unspecified atom stereocenters. The van der Waals surface area contributed by atoms with Gasteiger partial charge in [0.2, 0.25) is 0 Å². The zero-order chi connectivity index (χ0) is 43.2. The number of Topliss-reactive ketones (excluding diaryl/α,β-unsaturated/α-hetero) is 1. The Morgan fingerprint density at radius 2 is 0.935 bits per heavy atom. The minimum absolute atomic E-state index is 0.0502. The van der Waals surface area contributed by atoms with E-state index in [0.29, 0.717) is 53.7 Å². The second kappa shape index (κ2) is 28.4. The summed E-state index contributed by atoms with van der Waals surface area (Å²) in [6, 6.07) is 0.914. The van der Waals surface area contributed by atoms with Crippen molar-refractivity contribution in [2.24, 2.45) is 51.4 Å². The lowest BCUT2D eigenvalue weighted by Gasteiger charge is -2.42. The quantitative estimate of drug-likeness (QED) is 0.0518. The molecule has 62 heavy (non-hydrogen) atoms. The lowest BCUT2D eigenvalue weighted by atomic mass is 9.65. The van der Waals surface area contributed by atoms with E-state index in [9.17, 15) is 9.59 Å². The summed E-state index contributed by atoms with van der Waals surface area (Å²) in [7, 11) is 0. The Bertz CT molecular complexity index is 1190. The predicted octanol–water partition coefficient (Wildman–Crippen LogP) is 14.2. The van der Waals surface area contributed by atoms with E-state index in [1.807, 2.05) is 0 Å². The van der Waals surface area contributed by atoms with E-state index >= 15 is 0 Å². The van der Waals surface area contributed by atoms with Crippen molar-refractivity contribution in [3.8, 4) is 0 Å². The van der Waals surface area contributed by atoms with Gasteiger partial charge >= 0.3 is 5.97 Å². The highest BCUT2D eigenvalue weighted by molar-refractivity contribution is 5.81. The predicted molar refractivity (Wildman–Crippen MR) is 256 cm³/mol. The van der Waals surface area contributed by atoms with Gasteiger partial charge in [-0.1, -0.05) is 78.1 Å². The highest BCUT2D eigenvalue weighted by Crippen LogP contribution is 2.45. The van der Waals surface area contributed by atoms with Gasteiger partial charge in [-0.25, -0.2) is 0 Å². The lowest BCUT2D eigenvalue weighted by molar-refractivity contribution is -0.159. The molecule has 6 fully saturated rings. The van der Waals surface area contributed by atoms with Crippen LogP contribution in [0.5, 0.6) is 0 Å². The second-order valence-corrected chi connectivity index (χ2v) is 21.7. The van der Waals surface area contributed by atoms with E-state index in [-0.39, 0.29) is 23.9 Å². The first kappa shape index (κ1) is 49.8. The summed E-state index contributed by atoms with van der Waals surface area (Å²) in [6.07, 6.45) is 46.4. The molecule has 0 aromatic heterocycles. The molecule has 354 valence electrons. The van der Waals surface area contributed by atoms with Gasteiger partial charge in [-0.2, -0.15) is 0 Å². The van der Waals surface area contributed by atoms with Crippen molar-refractivity contribution in [3.05, 3.63) is 0 Å². The molecule has 0 aromatic carbocycles. The average molecular weight is 863 g/mol. The third-order valence-electron chi connectivity index (χ3n) is 16.8. The Labute approximate surface area is 380 Å². The maximum absolute atomic E-state index is 13.6. The van der Waals surface area contributed by atoms with Gasteiger partial charge in [0.1, 0.15) is 11.9 Å².